The van der Waals surface area contributed by atoms with Gasteiger partial charge in [-0.15, -0.1) is 10.2 Å². The van der Waals surface area contributed by atoms with Gasteiger partial charge in [-0.3, -0.25) is 0 Å². The van der Waals surface area contributed by atoms with Crippen molar-refractivity contribution < 1.29 is 27.1 Å². The summed E-state index contributed by atoms with van der Waals surface area (Å²) in [4.78, 5) is 11.2. The fourth-order valence-corrected chi connectivity index (χ4v) is 3.06. The van der Waals surface area contributed by atoms with Crippen molar-refractivity contribution in [2.45, 2.75) is 31.7 Å². The first-order chi connectivity index (χ1) is 13.2. The molecule has 0 saturated carbocycles. The maximum absolute atomic E-state index is 14.1. The standard InChI is InChI=1S/C17H20F4N4O2S/c1-11(2)9-25-14(12-5-3-4-6-13(12)18)23-24-15(25)28-8-7-22-16(26)27-10-17(19,20)21/h3-6,11H,7-10H2,1-2H3,(H,22,26). The SMILES string of the molecule is CC(C)Cn1c(SCCNC(=O)OCC(F)(F)F)nnc1-c1ccccc1F. The fraction of sp³-hybridized carbons (Fsp3) is 0.471. The number of amides is 1. The minimum absolute atomic E-state index is 0.0743. The third-order valence-corrected chi connectivity index (χ3v) is 4.32. The van der Waals surface area contributed by atoms with Gasteiger partial charge in [0.1, 0.15) is 5.82 Å². The zero-order chi connectivity index (χ0) is 20.7. The van der Waals surface area contributed by atoms with Gasteiger partial charge in [0.2, 0.25) is 0 Å². The van der Waals surface area contributed by atoms with Crippen molar-refractivity contribution in [1.29, 1.82) is 0 Å². The molecular formula is C17H20F4N4O2S. The largest absolute Gasteiger partial charge is 0.440 e. The Balaban J connectivity index is 1.98. The Hall–Kier alpha value is -2.30. The number of hydrogen-bond acceptors (Lipinski definition) is 5. The second kappa shape index (κ2) is 9.76. The van der Waals surface area contributed by atoms with E-state index in [-0.39, 0.29) is 12.5 Å². The summed E-state index contributed by atoms with van der Waals surface area (Å²) in [5.74, 6) is 0.558. The van der Waals surface area contributed by atoms with Gasteiger partial charge >= 0.3 is 12.3 Å². The predicted molar refractivity (Wildman–Crippen MR) is 96.4 cm³/mol. The number of nitrogens with zero attached hydrogens (tertiary/aromatic N) is 3. The molecule has 0 atom stereocenters. The Morgan fingerprint density at radius 3 is 2.64 bits per heavy atom. The number of carbonyl (C=O) groups excluding carboxylic acids is 1. The summed E-state index contributed by atoms with van der Waals surface area (Å²) in [6.45, 7) is 2.99. The van der Waals surface area contributed by atoms with Crippen molar-refractivity contribution in [1.82, 2.24) is 20.1 Å². The molecule has 0 spiro atoms. The summed E-state index contributed by atoms with van der Waals surface area (Å²) >= 11 is 1.25. The molecule has 0 bridgehead atoms. The van der Waals surface area contributed by atoms with E-state index in [1.54, 1.807) is 22.8 Å². The van der Waals surface area contributed by atoms with Crippen LogP contribution in [0.4, 0.5) is 22.4 Å². The van der Waals surface area contributed by atoms with Gasteiger partial charge in [0.05, 0.1) is 5.56 Å². The lowest BCUT2D eigenvalue weighted by Gasteiger charge is -2.13. The molecule has 0 radical (unpaired) electrons. The summed E-state index contributed by atoms with van der Waals surface area (Å²) in [6, 6.07) is 6.24. The van der Waals surface area contributed by atoms with Crippen LogP contribution in [-0.4, -0.2) is 45.9 Å². The molecular weight excluding hydrogens is 400 g/mol. The van der Waals surface area contributed by atoms with E-state index in [4.69, 9.17) is 0 Å². The first-order valence-electron chi connectivity index (χ1n) is 8.45. The Labute approximate surface area is 163 Å². The van der Waals surface area contributed by atoms with Crippen molar-refractivity contribution in [2.75, 3.05) is 18.9 Å². The summed E-state index contributed by atoms with van der Waals surface area (Å²) in [7, 11) is 0. The number of ether oxygens (including phenoxy) is 1. The van der Waals surface area contributed by atoms with E-state index in [9.17, 15) is 22.4 Å². The number of alkyl halides is 3. The molecule has 0 aliphatic rings. The minimum Gasteiger partial charge on any atom is -0.440 e. The van der Waals surface area contributed by atoms with E-state index in [0.29, 0.717) is 28.8 Å². The van der Waals surface area contributed by atoms with Crippen LogP contribution in [0.2, 0.25) is 0 Å². The normalized spacial score (nSPS) is 11.7. The number of carbonyl (C=O) groups is 1. The molecule has 154 valence electrons. The number of aromatic nitrogens is 3. The maximum atomic E-state index is 14.1. The number of alkyl carbamates (subject to hydrolysis) is 1. The highest BCUT2D eigenvalue weighted by atomic mass is 32.2. The Morgan fingerprint density at radius 1 is 1.29 bits per heavy atom. The van der Waals surface area contributed by atoms with Crippen LogP contribution in [0.3, 0.4) is 0 Å². The molecule has 11 heteroatoms. The van der Waals surface area contributed by atoms with Crippen molar-refractivity contribution >= 4 is 17.9 Å². The lowest BCUT2D eigenvalue weighted by molar-refractivity contribution is -0.160. The van der Waals surface area contributed by atoms with Crippen LogP contribution < -0.4 is 5.32 Å². The summed E-state index contributed by atoms with van der Waals surface area (Å²) in [6.07, 6.45) is -5.71. The van der Waals surface area contributed by atoms with Crippen molar-refractivity contribution in [2.24, 2.45) is 5.92 Å². The van der Waals surface area contributed by atoms with E-state index in [0.717, 1.165) is 0 Å². The Bertz CT molecular complexity index is 796. The molecule has 1 amide bonds. The molecule has 0 unspecified atom stereocenters. The lowest BCUT2D eigenvalue weighted by atomic mass is 10.2. The van der Waals surface area contributed by atoms with Gasteiger partial charge in [-0.05, 0) is 18.1 Å². The summed E-state index contributed by atoms with van der Waals surface area (Å²) in [5, 5.41) is 10.9. The highest BCUT2D eigenvalue weighted by Crippen LogP contribution is 2.26. The van der Waals surface area contributed by atoms with Gasteiger partial charge < -0.3 is 14.6 Å². The Morgan fingerprint density at radius 2 is 2.00 bits per heavy atom. The molecule has 1 N–H and O–H groups in total. The molecule has 0 saturated heterocycles. The average Bonchev–Trinajstić information content (AvgIpc) is 2.98. The number of benzene rings is 1. The molecule has 1 aromatic carbocycles. The number of thioether (sulfide) groups is 1. The van der Waals surface area contributed by atoms with Gasteiger partial charge in [-0.2, -0.15) is 13.2 Å². The second-order valence-electron chi connectivity index (χ2n) is 6.26. The molecule has 0 aliphatic heterocycles. The van der Waals surface area contributed by atoms with Crippen LogP contribution in [-0.2, 0) is 11.3 Å². The van der Waals surface area contributed by atoms with Crippen LogP contribution in [0.5, 0.6) is 0 Å². The quantitative estimate of drug-likeness (QED) is 0.395. The number of hydrogen-bond donors (Lipinski definition) is 1. The number of halogens is 4. The van der Waals surface area contributed by atoms with Crippen LogP contribution in [0.25, 0.3) is 11.4 Å². The van der Waals surface area contributed by atoms with E-state index in [1.807, 2.05) is 13.8 Å². The maximum Gasteiger partial charge on any atom is 0.422 e. The average molecular weight is 420 g/mol. The molecule has 28 heavy (non-hydrogen) atoms. The van der Waals surface area contributed by atoms with Gasteiger partial charge in [-0.1, -0.05) is 37.7 Å². The van der Waals surface area contributed by atoms with Crippen LogP contribution in [0, 0.1) is 11.7 Å². The van der Waals surface area contributed by atoms with E-state index < -0.39 is 24.7 Å². The van der Waals surface area contributed by atoms with Gasteiger partial charge in [-0.25, -0.2) is 9.18 Å². The first-order valence-corrected chi connectivity index (χ1v) is 9.44. The lowest BCUT2D eigenvalue weighted by Crippen LogP contribution is -2.30. The molecule has 0 aliphatic carbocycles. The first kappa shape index (κ1) is 22.0. The van der Waals surface area contributed by atoms with Gasteiger partial charge in [0.25, 0.3) is 0 Å². The highest BCUT2D eigenvalue weighted by molar-refractivity contribution is 7.99. The predicted octanol–water partition coefficient (Wildman–Crippen LogP) is 4.12. The van der Waals surface area contributed by atoms with E-state index >= 15 is 0 Å². The molecule has 1 heterocycles. The summed E-state index contributed by atoms with van der Waals surface area (Å²) in [5.41, 5.74) is 0.330. The minimum atomic E-state index is -4.57. The smallest absolute Gasteiger partial charge is 0.422 e. The fourth-order valence-electron chi connectivity index (χ4n) is 2.26. The van der Waals surface area contributed by atoms with Crippen LogP contribution >= 0.6 is 11.8 Å². The zero-order valence-electron chi connectivity index (χ0n) is 15.3. The van der Waals surface area contributed by atoms with Crippen LogP contribution in [0.15, 0.2) is 29.4 Å². The molecule has 1 aromatic heterocycles. The van der Waals surface area contributed by atoms with Crippen molar-refractivity contribution in [3.05, 3.63) is 30.1 Å². The van der Waals surface area contributed by atoms with Crippen molar-refractivity contribution in [3.8, 4) is 11.4 Å². The molecule has 6 nitrogen and oxygen atoms in total. The third kappa shape index (κ3) is 6.70. The summed E-state index contributed by atoms with van der Waals surface area (Å²) < 4.78 is 55.9. The third-order valence-electron chi connectivity index (χ3n) is 3.35. The monoisotopic (exact) mass is 420 g/mol. The second-order valence-corrected chi connectivity index (χ2v) is 7.32. The topological polar surface area (TPSA) is 69.0 Å². The van der Waals surface area contributed by atoms with Gasteiger partial charge in [0, 0.05) is 18.8 Å². The van der Waals surface area contributed by atoms with E-state index in [1.165, 1.54) is 17.8 Å². The number of rotatable bonds is 8. The molecule has 2 rings (SSSR count). The zero-order valence-corrected chi connectivity index (χ0v) is 16.1. The van der Waals surface area contributed by atoms with Crippen molar-refractivity contribution in [3.63, 3.8) is 0 Å². The number of nitrogens with one attached hydrogen (secondary N) is 1. The highest BCUT2D eigenvalue weighted by Gasteiger charge is 2.29. The van der Waals surface area contributed by atoms with Crippen LogP contribution in [0.1, 0.15) is 13.8 Å². The Kier molecular flexibility index (Phi) is 7.67. The van der Waals surface area contributed by atoms with Gasteiger partial charge in [0.15, 0.2) is 17.6 Å². The molecule has 2 aromatic rings. The van der Waals surface area contributed by atoms with E-state index in [2.05, 4.69) is 20.3 Å². The molecule has 0 fully saturated rings.